The van der Waals surface area contributed by atoms with Gasteiger partial charge in [0.25, 0.3) is 0 Å². The number of anilines is 1. The van der Waals surface area contributed by atoms with Crippen molar-refractivity contribution in [2.24, 2.45) is 5.92 Å². The Labute approximate surface area is 119 Å². The number of hydrogen-bond donors (Lipinski definition) is 3. The van der Waals surface area contributed by atoms with E-state index < -0.39 is 0 Å². The number of nitrogens with one attached hydrogen (secondary N) is 2. The van der Waals surface area contributed by atoms with Crippen molar-refractivity contribution in [1.29, 1.82) is 0 Å². The maximum absolute atomic E-state index is 12.2. The van der Waals surface area contributed by atoms with Crippen LogP contribution in [-0.4, -0.2) is 29.7 Å². The van der Waals surface area contributed by atoms with Crippen LogP contribution in [0.3, 0.4) is 0 Å². The van der Waals surface area contributed by atoms with Crippen LogP contribution in [0.2, 0.25) is 0 Å². The number of aliphatic hydroxyl groups is 1. The molecule has 1 aromatic carbocycles. The molecule has 1 aromatic rings. The standard InChI is InChI=1S/C16H22N2O2/c19-13-7-5-11(6-8-13)10-17-16(20)15-9-12-3-1-2-4-14(12)18-15/h1-4,11,13,15,18-19H,5-10H2,(H,17,20)/t11?,13?,15-/m0/s1. The number of hydrogen-bond acceptors (Lipinski definition) is 3. The fourth-order valence-corrected chi connectivity index (χ4v) is 3.17. The predicted octanol–water partition coefficient (Wildman–Crippen LogP) is 1.69. The van der Waals surface area contributed by atoms with Gasteiger partial charge in [-0.3, -0.25) is 4.79 Å². The van der Waals surface area contributed by atoms with Gasteiger partial charge in [-0.15, -0.1) is 0 Å². The molecular formula is C16H22N2O2. The van der Waals surface area contributed by atoms with Crippen molar-refractivity contribution in [3.8, 4) is 0 Å². The first-order valence-electron chi connectivity index (χ1n) is 7.52. The Kier molecular flexibility index (Phi) is 3.92. The molecule has 4 heteroatoms. The Morgan fingerprint density at radius 3 is 2.75 bits per heavy atom. The number of rotatable bonds is 3. The number of carbonyl (C=O) groups excluding carboxylic acids is 1. The maximum atomic E-state index is 12.2. The molecule has 2 aliphatic rings. The number of benzene rings is 1. The Bertz CT molecular complexity index is 456. The van der Waals surface area contributed by atoms with Crippen LogP contribution in [0.5, 0.6) is 0 Å². The van der Waals surface area contributed by atoms with Crippen molar-refractivity contribution < 1.29 is 9.90 Å². The summed E-state index contributed by atoms with van der Waals surface area (Å²) >= 11 is 0. The summed E-state index contributed by atoms with van der Waals surface area (Å²) in [6.07, 6.45) is 4.40. The summed E-state index contributed by atoms with van der Waals surface area (Å²) in [5.41, 5.74) is 2.29. The van der Waals surface area contributed by atoms with E-state index in [0.29, 0.717) is 5.92 Å². The number of carbonyl (C=O) groups is 1. The zero-order valence-corrected chi connectivity index (χ0v) is 11.6. The third kappa shape index (κ3) is 2.96. The number of para-hydroxylation sites is 1. The number of aliphatic hydroxyl groups excluding tert-OH is 1. The molecule has 20 heavy (non-hydrogen) atoms. The summed E-state index contributed by atoms with van der Waals surface area (Å²) in [5.74, 6) is 0.610. The largest absolute Gasteiger partial charge is 0.393 e. The second-order valence-electron chi connectivity index (χ2n) is 5.98. The van der Waals surface area contributed by atoms with Gasteiger partial charge in [0.05, 0.1) is 6.10 Å². The van der Waals surface area contributed by atoms with Gasteiger partial charge in [0, 0.05) is 18.7 Å². The molecule has 0 spiro atoms. The van der Waals surface area contributed by atoms with Crippen LogP contribution < -0.4 is 10.6 Å². The molecule has 3 N–H and O–H groups in total. The van der Waals surface area contributed by atoms with Crippen molar-refractivity contribution >= 4 is 11.6 Å². The SMILES string of the molecule is O=C(NCC1CCC(O)CC1)[C@@H]1Cc2ccccc2N1. The summed E-state index contributed by atoms with van der Waals surface area (Å²) in [5, 5.41) is 15.8. The van der Waals surface area contributed by atoms with Gasteiger partial charge in [-0.1, -0.05) is 18.2 Å². The van der Waals surface area contributed by atoms with Gasteiger partial charge >= 0.3 is 0 Å². The van der Waals surface area contributed by atoms with E-state index in [2.05, 4.69) is 16.7 Å². The highest BCUT2D eigenvalue weighted by atomic mass is 16.3. The molecule has 1 saturated carbocycles. The molecule has 1 fully saturated rings. The van der Waals surface area contributed by atoms with Gasteiger partial charge in [0.15, 0.2) is 0 Å². The van der Waals surface area contributed by atoms with Gasteiger partial charge < -0.3 is 15.7 Å². The minimum atomic E-state index is -0.137. The van der Waals surface area contributed by atoms with E-state index in [9.17, 15) is 9.90 Å². The predicted molar refractivity (Wildman–Crippen MR) is 78.5 cm³/mol. The molecule has 108 valence electrons. The van der Waals surface area contributed by atoms with Gasteiger partial charge in [0.2, 0.25) is 5.91 Å². The quantitative estimate of drug-likeness (QED) is 0.786. The zero-order chi connectivity index (χ0) is 13.9. The van der Waals surface area contributed by atoms with Crippen molar-refractivity contribution in [1.82, 2.24) is 5.32 Å². The average Bonchev–Trinajstić information content (AvgIpc) is 2.90. The topological polar surface area (TPSA) is 61.4 Å². The van der Waals surface area contributed by atoms with Crippen molar-refractivity contribution in [2.45, 2.75) is 44.2 Å². The first-order chi connectivity index (χ1) is 9.72. The Hall–Kier alpha value is -1.55. The first kappa shape index (κ1) is 13.4. The minimum Gasteiger partial charge on any atom is -0.393 e. The van der Waals surface area contributed by atoms with Crippen LogP contribution in [0.1, 0.15) is 31.2 Å². The van der Waals surface area contributed by atoms with E-state index in [1.807, 2.05) is 18.2 Å². The summed E-state index contributed by atoms with van der Waals surface area (Å²) in [6, 6.07) is 7.94. The number of amides is 1. The summed E-state index contributed by atoms with van der Waals surface area (Å²) < 4.78 is 0. The van der Waals surface area contributed by atoms with E-state index >= 15 is 0 Å². The Balaban J connectivity index is 1.47. The molecule has 0 unspecified atom stereocenters. The first-order valence-corrected chi connectivity index (χ1v) is 7.52. The smallest absolute Gasteiger partial charge is 0.242 e. The monoisotopic (exact) mass is 274 g/mol. The fourth-order valence-electron chi connectivity index (χ4n) is 3.17. The van der Waals surface area contributed by atoms with Crippen LogP contribution in [0.4, 0.5) is 5.69 Å². The van der Waals surface area contributed by atoms with E-state index in [-0.39, 0.29) is 18.1 Å². The molecule has 0 saturated heterocycles. The Morgan fingerprint density at radius 1 is 1.25 bits per heavy atom. The summed E-state index contributed by atoms with van der Waals surface area (Å²) in [4.78, 5) is 12.2. The lowest BCUT2D eigenvalue weighted by molar-refractivity contribution is -0.122. The van der Waals surface area contributed by atoms with E-state index in [1.165, 1.54) is 5.56 Å². The van der Waals surface area contributed by atoms with Gasteiger partial charge in [-0.05, 0) is 43.2 Å². The third-order valence-corrected chi connectivity index (χ3v) is 4.47. The van der Waals surface area contributed by atoms with Crippen molar-refractivity contribution in [2.75, 3.05) is 11.9 Å². The van der Waals surface area contributed by atoms with Gasteiger partial charge in [-0.25, -0.2) is 0 Å². The molecule has 1 atom stereocenters. The number of fused-ring (bicyclic) bond motifs is 1. The second-order valence-corrected chi connectivity index (χ2v) is 5.98. The van der Waals surface area contributed by atoms with Crippen LogP contribution >= 0.6 is 0 Å². The second kappa shape index (κ2) is 5.83. The normalized spacial score (nSPS) is 28.6. The lowest BCUT2D eigenvalue weighted by Crippen LogP contribution is -2.41. The highest BCUT2D eigenvalue weighted by molar-refractivity contribution is 5.87. The van der Waals surface area contributed by atoms with Crippen LogP contribution in [0.25, 0.3) is 0 Å². The Morgan fingerprint density at radius 2 is 2.00 bits per heavy atom. The van der Waals surface area contributed by atoms with Crippen LogP contribution in [0, 0.1) is 5.92 Å². The van der Waals surface area contributed by atoms with Gasteiger partial charge in [0.1, 0.15) is 6.04 Å². The van der Waals surface area contributed by atoms with E-state index in [0.717, 1.165) is 44.3 Å². The molecule has 3 rings (SSSR count). The molecule has 1 aliphatic heterocycles. The van der Waals surface area contributed by atoms with Crippen molar-refractivity contribution in [3.05, 3.63) is 29.8 Å². The van der Waals surface area contributed by atoms with E-state index in [4.69, 9.17) is 0 Å². The summed E-state index contributed by atoms with van der Waals surface area (Å²) in [6.45, 7) is 0.736. The lowest BCUT2D eigenvalue weighted by Gasteiger charge is -2.26. The molecule has 1 aliphatic carbocycles. The molecule has 4 nitrogen and oxygen atoms in total. The highest BCUT2D eigenvalue weighted by Crippen LogP contribution is 2.26. The molecule has 0 bridgehead atoms. The highest BCUT2D eigenvalue weighted by Gasteiger charge is 2.27. The van der Waals surface area contributed by atoms with Crippen LogP contribution in [-0.2, 0) is 11.2 Å². The summed E-state index contributed by atoms with van der Waals surface area (Å²) in [7, 11) is 0. The fraction of sp³-hybridized carbons (Fsp3) is 0.562. The molecule has 1 heterocycles. The minimum absolute atomic E-state index is 0.0901. The van der Waals surface area contributed by atoms with Crippen molar-refractivity contribution in [3.63, 3.8) is 0 Å². The zero-order valence-electron chi connectivity index (χ0n) is 11.6. The lowest BCUT2D eigenvalue weighted by atomic mass is 9.87. The molecular weight excluding hydrogens is 252 g/mol. The molecule has 0 aromatic heterocycles. The average molecular weight is 274 g/mol. The third-order valence-electron chi connectivity index (χ3n) is 4.47. The molecule has 0 radical (unpaired) electrons. The maximum Gasteiger partial charge on any atom is 0.242 e. The van der Waals surface area contributed by atoms with Gasteiger partial charge in [-0.2, -0.15) is 0 Å². The van der Waals surface area contributed by atoms with Crippen LogP contribution in [0.15, 0.2) is 24.3 Å². The van der Waals surface area contributed by atoms with E-state index in [1.54, 1.807) is 0 Å². The molecule has 1 amide bonds.